The maximum atomic E-state index is 12.6. The Kier molecular flexibility index (Phi) is 4.42. The molecule has 0 amide bonds. The molecule has 2 N–H and O–H groups in total. The largest absolute Gasteiger partial charge is 0.381 e. The molecule has 1 aromatic rings. The van der Waals surface area contributed by atoms with E-state index in [-0.39, 0.29) is 10.7 Å². The predicted molar refractivity (Wildman–Crippen MR) is 77.6 cm³/mol. The third-order valence-electron chi connectivity index (χ3n) is 3.03. The van der Waals surface area contributed by atoms with E-state index in [0.717, 1.165) is 12.2 Å². The van der Waals surface area contributed by atoms with Crippen LogP contribution in [0.4, 0.5) is 5.82 Å². The van der Waals surface area contributed by atoms with Gasteiger partial charge in [-0.2, -0.15) is 21.2 Å². The number of hydrogen-bond donors (Lipinski definition) is 1. The summed E-state index contributed by atoms with van der Waals surface area (Å²) in [5.41, 5.74) is 5.76. The molecule has 0 spiro atoms. The van der Waals surface area contributed by atoms with Crippen molar-refractivity contribution in [3.63, 3.8) is 0 Å². The Morgan fingerprint density at radius 2 is 2.32 bits per heavy atom. The summed E-state index contributed by atoms with van der Waals surface area (Å²) < 4.78 is 28.2. The number of anilines is 1. The smallest absolute Gasteiger partial charge is 0.248 e. The van der Waals surface area contributed by atoms with Gasteiger partial charge in [0.05, 0.1) is 0 Å². The maximum absolute atomic E-state index is 12.6. The SMILES string of the molecule is CCCn1cc(S(=O)(=O)N2CCSC(C)C2)c(N)n1. The summed E-state index contributed by atoms with van der Waals surface area (Å²) in [6.45, 7) is 5.79. The van der Waals surface area contributed by atoms with Gasteiger partial charge in [0.25, 0.3) is 0 Å². The van der Waals surface area contributed by atoms with Crippen molar-refractivity contribution in [1.82, 2.24) is 14.1 Å². The Hall–Kier alpha value is -0.730. The zero-order valence-electron chi connectivity index (χ0n) is 11.2. The van der Waals surface area contributed by atoms with Crippen LogP contribution in [-0.2, 0) is 16.6 Å². The molecular formula is C11H20N4O2S2. The highest BCUT2D eigenvalue weighted by Crippen LogP contribution is 2.26. The van der Waals surface area contributed by atoms with E-state index in [4.69, 9.17) is 5.73 Å². The number of aromatic nitrogens is 2. The summed E-state index contributed by atoms with van der Waals surface area (Å²) in [5, 5.41) is 4.38. The van der Waals surface area contributed by atoms with Crippen LogP contribution in [0.3, 0.4) is 0 Å². The summed E-state index contributed by atoms with van der Waals surface area (Å²) >= 11 is 1.79. The third kappa shape index (κ3) is 3.06. The molecule has 1 aliphatic heterocycles. The molecule has 19 heavy (non-hydrogen) atoms. The van der Waals surface area contributed by atoms with Crippen LogP contribution in [0.5, 0.6) is 0 Å². The zero-order valence-corrected chi connectivity index (χ0v) is 12.9. The fourth-order valence-electron chi connectivity index (χ4n) is 2.10. The van der Waals surface area contributed by atoms with Gasteiger partial charge >= 0.3 is 0 Å². The van der Waals surface area contributed by atoms with E-state index >= 15 is 0 Å². The number of sulfonamides is 1. The molecule has 0 radical (unpaired) electrons. The van der Waals surface area contributed by atoms with Gasteiger partial charge in [-0.1, -0.05) is 13.8 Å². The molecule has 1 unspecified atom stereocenters. The lowest BCUT2D eigenvalue weighted by Gasteiger charge is -2.29. The van der Waals surface area contributed by atoms with Gasteiger partial charge in [0.15, 0.2) is 5.82 Å². The molecule has 1 atom stereocenters. The van der Waals surface area contributed by atoms with Crippen molar-refractivity contribution >= 4 is 27.6 Å². The van der Waals surface area contributed by atoms with Gasteiger partial charge in [0.1, 0.15) is 4.90 Å². The average molecular weight is 304 g/mol. The van der Waals surface area contributed by atoms with Crippen molar-refractivity contribution in [1.29, 1.82) is 0 Å². The molecule has 8 heteroatoms. The minimum Gasteiger partial charge on any atom is -0.381 e. The molecule has 6 nitrogen and oxygen atoms in total. The third-order valence-corrected chi connectivity index (χ3v) is 6.05. The van der Waals surface area contributed by atoms with E-state index in [1.165, 1.54) is 4.31 Å². The standard InChI is InChI=1S/C11H20N4O2S2/c1-3-4-14-8-10(11(12)13-14)19(16,17)15-5-6-18-9(2)7-15/h8-9H,3-7H2,1-2H3,(H2,12,13). The lowest BCUT2D eigenvalue weighted by atomic mass is 10.4. The first kappa shape index (κ1) is 14.7. The highest BCUT2D eigenvalue weighted by molar-refractivity contribution is 8.00. The Balaban J connectivity index is 2.28. The molecule has 0 saturated carbocycles. The molecule has 0 aromatic carbocycles. The fourth-order valence-corrected chi connectivity index (χ4v) is 4.92. The van der Waals surface area contributed by atoms with E-state index in [9.17, 15) is 8.42 Å². The number of hydrogen-bond acceptors (Lipinski definition) is 5. The van der Waals surface area contributed by atoms with Crippen LogP contribution in [0.25, 0.3) is 0 Å². The summed E-state index contributed by atoms with van der Waals surface area (Å²) in [6, 6.07) is 0. The summed E-state index contributed by atoms with van der Waals surface area (Å²) in [4.78, 5) is 0.139. The number of rotatable bonds is 4. The summed E-state index contributed by atoms with van der Waals surface area (Å²) in [6.07, 6.45) is 2.43. The number of aryl methyl sites for hydroxylation is 1. The second kappa shape index (κ2) is 5.72. The van der Waals surface area contributed by atoms with Crippen molar-refractivity contribution in [2.75, 3.05) is 24.6 Å². The number of nitrogen functional groups attached to an aromatic ring is 1. The van der Waals surface area contributed by atoms with Gasteiger partial charge in [-0.25, -0.2) is 8.42 Å². The van der Waals surface area contributed by atoms with Crippen LogP contribution in [0, 0.1) is 0 Å². The van der Waals surface area contributed by atoms with Crippen LogP contribution < -0.4 is 5.73 Å². The molecule has 108 valence electrons. The van der Waals surface area contributed by atoms with Gasteiger partial charge in [-0.15, -0.1) is 0 Å². The van der Waals surface area contributed by atoms with E-state index in [1.807, 2.05) is 13.8 Å². The quantitative estimate of drug-likeness (QED) is 0.897. The molecule has 0 bridgehead atoms. The molecule has 2 rings (SSSR count). The molecular weight excluding hydrogens is 284 g/mol. The van der Waals surface area contributed by atoms with Crippen LogP contribution in [-0.4, -0.2) is 46.6 Å². The van der Waals surface area contributed by atoms with E-state index in [1.54, 1.807) is 22.6 Å². The molecule has 1 aliphatic rings. The lowest BCUT2D eigenvalue weighted by Crippen LogP contribution is -2.41. The van der Waals surface area contributed by atoms with E-state index in [0.29, 0.717) is 24.9 Å². The Morgan fingerprint density at radius 3 is 2.95 bits per heavy atom. The molecule has 1 fully saturated rings. The monoisotopic (exact) mass is 304 g/mol. The van der Waals surface area contributed by atoms with Gasteiger partial charge < -0.3 is 5.73 Å². The number of nitrogens with zero attached hydrogens (tertiary/aromatic N) is 3. The van der Waals surface area contributed by atoms with Gasteiger partial charge in [0.2, 0.25) is 10.0 Å². The summed E-state index contributed by atoms with van der Waals surface area (Å²) in [5.74, 6) is 0.919. The van der Waals surface area contributed by atoms with Gasteiger partial charge in [0, 0.05) is 36.8 Å². The second-order valence-electron chi connectivity index (χ2n) is 4.69. The highest BCUT2D eigenvalue weighted by Gasteiger charge is 2.31. The van der Waals surface area contributed by atoms with Crippen LogP contribution in [0.1, 0.15) is 20.3 Å². The van der Waals surface area contributed by atoms with Crippen LogP contribution in [0.2, 0.25) is 0 Å². The molecule has 2 heterocycles. The Bertz CT molecular complexity index is 541. The minimum atomic E-state index is -3.51. The van der Waals surface area contributed by atoms with Crippen molar-refractivity contribution in [2.45, 2.75) is 37.0 Å². The first-order valence-corrected chi connectivity index (χ1v) is 8.88. The number of thioether (sulfide) groups is 1. The van der Waals surface area contributed by atoms with Crippen molar-refractivity contribution in [3.8, 4) is 0 Å². The number of nitrogens with two attached hydrogens (primary N) is 1. The van der Waals surface area contributed by atoms with Gasteiger partial charge in [-0.05, 0) is 6.42 Å². The van der Waals surface area contributed by atoms with Crippen LogP contribution in [0.15, 0.2) is 11.1 Å². The molecule has 1 aromatic heterocycles. The Labute approximate surface area is 118 Å². The van der Waals surface area contributed by atoms with Crippen molar-refractivity contribution in [2.24, 2.45) is 0 Å². The first-order chi connectivity index (χ1) is 8.95. The first-order valence-electron chi connectivity index (χ1n) is 6.39. The van der Waals surface area contributed by atoms with Crippen LogP contribution >= 0.6 is 11.8 Å². The average Bonchev–Trinajstić information content (AvgIpc) is 2.71. The maximum Gasteiger partial charge on any atom is 0.248 e. The van der Waals surface area contributed by atoms with Crippen molar-refractivity contribution in [3.05, 3.63) is 6.20 Å². The minimum absolute atomic E-state index is 0.0966. The van der Waals surface area contributed by atoms with E-state index < -0.39 is 10.0 Å². The molecule has 1 saturated heterocycles. The second-order valence-corrected chi connectivity index (χ2v) is 8.14. The van der Waals surface area contributed by atoms with Gasteiger partial charge in [-0.3, -0.25) is 4.68 Å². The normalized spacial score (nSPS) is 21.7. The lowest BCUT2D eigenvalue weighted by molar-refractivity contribution is 0.424. The van der Waals surface area contributed by atoms with Crippen molar-refractivity contribution < 1.29 is 8.42 Å². The zero-order chi connectivity index (χ0) is 14.0. The highest BCUT2D eigenvalue weighted by atomic mass is 32.2. The summed E-state index contributed by atoms with van der Waals surface area (Å²) in [7, 11) is -3.51. The Morgan fingerprint density at radius 1 is 1.58 bits per heavy atom. The van der Waals surface area contributed by atoms with E-state index in [2.05, 4.69) is 5.10 Å². The molecule has 0 aliphatic carbocycles. The topological polar surface area (TPSA) is 81.2 Å². The fraction of sp³-hybridized carbons (Fsp3) is 0.727. The predicted octanol–water partition coefficient (Wildman–Crippen LogP) is 1.00.